The molecule has 0 aliphatic heterocycles. The summed E-state index contributed by atoms with van der Waals surface area (Å²) < 4.78 is 43.4. The van der Waals surface area contributed by atoms with Crippen molar-refractivity contribution in [3.8, 4) is 17.9 Å². The van der Waals surface area contributed by atoms with Crippen LogP contribution in [0.4, 0.5) is 13.2 Å². The lowest BCUT2D eigenvalue weighted by Crippen LogP contribution is -2.06. The molecule has 0 N–H and O–H groups in total. The number of hydrogen-bond donors (Lipinski definition) is 0. The van der Waals surface area contributed by atoms with Crippen molar-refractivity contribution < 1.29 is 17.9 Å². The Kier molecular flexibility index (Phi) is 5.23. The highest BCUT2D eigenvalue weighted by Crippen LogP contribution is 2.29. The van der Waals surface area contributed by atoms with E-state index in [1.165, 1.54) is 12.1 Å². The fraction of sp³-hybridized carbons (Fsp3) is 0.111. The molecule has 0 amide bonds. The molecule has 0 unspecified atom stereocenters. The van der Waals surface area contributed by atoms with Crippen molar-refractivity contribution in [3.05, 3.63) is 70.8 Å². The highest BCUT2D eigenvalue weighted by Gasteiger charge is 2.30. The van der Waals surface area contributed by atoms with E-state index in [-0.39, 0.29) is 12.2 Å². The number of ether oxygens (including phenoxy) is 1. The normalized spacial score (nSPS) is 10.4. The number of nitriles is 2. The van der Waals surface area contributed by atoms with Crippen molar-refractivity contribution in [3.63, 3.8) is 0 Å². The number of halogens is 3. The molecule has 2 rings (SSSR count). The van der Waals surface area contributed by atoms with Gasteiger partial charge in [0.15, 0.2) is 0 Å². The fourth-order valence-corrected chi connectivity index (χ4v) is 1.92. The molecule has 0 aliphatic rings. The van der Waals surface area contributed by atoms with Crippen molar-refractivity contribution in [1.82, 2.24) is 0 Å². The summed E-state index contributed by atoms with van der Waals surface area (Å²) in [4.78, 5) is 0. The largest absolute Gasteiger partial charge is 0.489 e. The molecule has 0 aliphatic carbocycles. The van der Waals surface area contributed by atoms with Gasteiger partial charge in [0.25, 0.3) is 0 Å². The predicted molar refractivity (Wildman–Crippen MR) is 81.4 cm³/mol. The topological polar surface area (TPSA) is 56.8 Å². The fourth-order valence-electron chi connectivity index (χ4n) is 1.92. The molecule has 3 nitrogen and oxygen atoms in total. The Balaban J connectivity index is 2.05. The molecular weight excluding hydrogens is 317 g/mol. The third kappa shape index (κ3) is 4.62. The average molecular weight is 328 g/mol. The zero-order valence-electron chi connectivity index (χ0n) is 12.3. The third-order valence-corrected chi connectivity index (χ3v) is 3.09. The van der Waals surface area contributed by atoms with Crippen LogP contribution in [0.15, 0.2) is 54.1 Å². The molecule has 0 radical (unpaired) electrons. The van der Waals surface area contributed by atoms with Crippen LogP contribution in [0, 0.1) is 22.7 Å². The number of nitrogens with zero attached hydrogens (tertiary/aromatic N) is 2. The highest BCUT2D eigenvalue weighted by molar-refractivity contribution is 5.62. The lowest BCUT2D eigenvalue weighted by atomic mass is 10.1. The van der Waals surface area contributed by atoms with Gasteiger partial charge in [-0.15, -0.1) is 0 Å². The highest BCUT2D eigenvalue weighted by atomic mass is 19.4. The van der Waals surface area contributed by atoms with Gasteiger partial charge >= 0.3 is 6.18 Å². The van der Waals surface area contributed by atoms with Crippen molar-refractivity contribution >= 4 is 6.08 Å². The van der Waals surface area contributed by atoms with Gasteiger partial charge < -0.3 is 4.74 Å². The number of alkyl halides is 3. The molecular formula is C18H11F3N2O. The molecule has 120 valence electrons. The average Bonchev–Trinajstić information content (AvgIpc) is 2.58. The van der Waals surface area contributed by atoms with Gasteiger partial charge in [-0.2, -0.15) is 23.7 Å². The molecule has 0 saturated heterocycles. The molecule has 0 bridgehead atoms. The maximum atomic E-state index is 12.6. The summed E-state index contributed by atoms with van der Waals surface area (Å²) in [6.45, 7) is 0.000741. The molecule has 0 saturated carbocycles. The van der Waals surface area contributed by atoms with Gasteiger partial charge in [0.1, 0.15) is 30.1 Å². The van der Waals surface area contributed by atoms with E-state index in [0.29, 0.717) is 16.9 Å². The summed E-state index contributed by atoms with van der Waals surface area (Å²) in [6, 6.07) is 15.0. The van der Waals surface area contributed by atoms with Gasteiger partial charge in [0, 0.05) is 0 Å². The minimum Gasteiger partial charge on any atom is -0.489 e. The SMILES string of the molecule is N#CC(C#N)=Cc1ccc(OCc2cccc(C(F)(F)F)c2)cc1. The maximum Gasteiger partial charge on any atom is 0.416 e. The van der Waals surface area contributed by atoms with Crippen molar-refractivity contribution in [2.75, 3.05) is 0 Å². The Morgan fingerprint density at radius 3 is 2.29 bits per heavy atom. The van der Waals surface area contributed by atoms with Crippen LogP contribution in [-0.2, 0) is 12.8 Å². The molecule has 0 heterocycles. The van der Waals surface area contributed by atoms with Crippen LogP contribution >= 0.6 is 0 Å². The first-order chi connectivity index (χ1) is 11.4. The lowest BCUT2D eigenvalue weighted by molar-refractivity contribution is -0.137. The zero-order valence-corrected chi connectivity index (χ0v) is 12.3. The van der Waals surface area contributed by atoms with E-state index >= 15 is 0 Å². The number of hydrogen-bond acceptors (Lipinski definition) is 3. The number of rotatable bonds is 4. The molecule has 0 spiro atoms. The third-order valence-electron chi connectivity index (χ3n) is 3.09. The molecule has 0 fully saturated rings. The van der Waals surface area contributed by atoms with Crippen LogP contribution in [0.5, 0.6) is 5.75 Å². The molecule has 2 aromatic carbocycles. The van der Waals surface area contributed by atoms with Crippen LogP contribution in [0.25, 0.3) is 6.08 Å². The van der Waals surface area contributed by atoms with Gasteiger partial charge in [0.2, 0.25) is 0 Å². The van der Waals surface area contributed by atoms with Crippen molar-refractivity contribution in [2.45, 2.75) is 12.8 Å². The maximum absolute atomic E-state index is 12.6. The summed E-state index contributed by atoms with van der Waals surface area (Å²) in [5, 5.41) is 17.4. The Hall–Kier alpha value is -3.25. The first-order valence-corrected chi connectivity index (χ1v) is 6.83. The van der Waals surface area contributed by atoms with E-state index in [9.17, 15) is 13.2 Å². The van der Waals surface area contributed by atoms with E-state index in [1.54, 1.807) is 42.5 Å². The monoisotopic (exact) mass is 328 g/mol. The van der Waals surface area contributed by atoms with Gasteiger partial charge in [-0.1, -0.05) is 24.3 Å². The second-order valence-corrected chi connectivity index (χ2v) is 4.84. The Bertz CT molecular complexity index is 809. The smallest absolute Gasteiger partial charge is 0.416 e. The standard InChI is InChI=1S/C18H11F3N2O/c19-18(20,21)16-3-1-2-14(9-16)12-24-17-6-4-13(5-7-17)8-15(10-22)11-23/h1-9H,12H2. The summed E-state index contributed by atoms with van der Waals surface area (Å²) in [7, 11) is 0. The second-order valence-electron chi connectivity index (χ2n) is 4.84. The minimum atomic E-state index is -4.39. The molecule has 24 heavy (non-hydrogen) atoms. The van der Waals surface area contributed by atoms with Gasteiger partial charge in [0.05, 0.1) is 5.56 Å². The van der Waals surface area contributed by atoms with Gasteiger partial charge in [-0.05, 0) is 41.5 Å². The first-order valence-electron chi connectivity index (χ1n) is 6.83. The van der Waals surface area contributed by atoms with Gasteiger partial charge in [-0.25, -0.2) is 0 Å². The predicted octanol–water partition coefficient (Wildman–Crippen LogP) is 4.71. The van der Waals surface area contributed by atoms with E-state index in [0.717, 1.165) is 12.1 Å². The zero-order chi connectivity index (χ0) is 17.6. The summed E-state index contributed by atoms with van der Waals surface area (Å²) in [6.07, 6.45) is -2.96. The Morgan fingerprint density at radius 2 is 1.71 bits per heavy atom. The number of benzene rings is 2. The lowest BCUT2D eigenvalue weighted by Gasteiger charge is -2.10. The van der Waals surface area contributed by atoms with E-state index < -0.39 is 11.7 Å². The quantitative estimate of drug-likeness (QED) is 0.763. The van der Waals surface area contributed by atoms with E-state index in [1.807, 2.05) is 0 Å². The summed E-state index contributed by atoms with van der Waals surface area (Å²) in [5.74, 6) is 0.472. The van der Waals surface area contributed by atoms with Gasteiger partial charge in [-0.3, -0.25) is 0 Å². The van der Waals surface area contributed by atoms with E-state index in [4.69, 9.17) is 15.3 Å². The van der Waals surface area contributed by atoms with Crippen LogP contribution in [-0.4, -0.2) is 0 Å². The molecule has 2 aromatic rings. The minimum absolute atomic E-state index is 0.000741. The molecule has 0 aromatic heterocycles. The van der Waals surface area contributed by atoms with Crippen LogP contribution in [0.2, 0.25) is 0 Å². The Morgan fingerprint density at radius 1 is 1.04 bits per heavy atom. The van der Waals surface area contributed by atoms with Crippen LogP contribution in [0.3, 0.4) is 0 Å². The van der Waals surface area contributed by atoms with Crippen molar-refractivity contribution in [2.24, 2.45) is 0 Å². The van der Waals surface area contributed by atoms with E-state index in [2.05, 4.69) is 0 Å². The summed E-state index contributed by atoms with van der Waals surface area (Å²) >= 11 is 0. The molecule has 6 heteroatoms. The Labute approximate surface area is 136 Å². The first kappa shape index (κ1) is 17.1. The number of allylic oxidation sites excluding steroid dienone is 1. The van der Waals surface area contributed by atoms with Crippen LogP contribution < -0.4 is 4.74 Å². The van der Waals surface area contributed by atoms with Crippen LogP contribution in [0.1, 0.15) is 16.7 Å². The molecule has 0 atom stereocenters. The van der Waals surface area contributed by atoms with Crippen molar-refractivity contribution in [1.29, 1.82) is 10.5 Å². The summed E-state index contributed by atoms with van der Waals surface area (Å²) in [5.41, 5.74) is 0.321. The second kappa shape index (κ2) is 7.34.